The summed E-state index contributed by atoms with van der Waals surface area (Å²) < 4.78 is 1.67. The molecule has 0 saturated carbocycles. The number of hydrogen-bond donors (Lipinski definition) is 1. The van der Waals surface area contributed by atoms with E-state index in [4.69, 9.17) is 5.73 Å². The third kappa shape index (κ3) is 4.45. The topological polar surface area (TPSA) is 99.0 Å². The van der Waals surface area contributed by atoms with Gasteiger partial charge < -0.3 is 5.73 Å². The predicted octanol–water partition coefficient (Wildman–Crippen LogP) is 3.59. The highest BCUT2D eigenvalue weighted by Gasteiger charge is 2.11. The van der Waals surface area contributed by atoms with Crippen molar-refractivity contribution < 1.29 is 0 Å². The normalized spacial score (nSPS) is 11.7. The molecule has 4 aromatic rings. The molecule has 152 valence electrons. The number of aryl methyl sites for hydroxylation is 1. The standard InChI is InChI=1S/C24H20N6O/c1-17-15-18(20-10-13-26-16-27-20)7-8-22(17)30-14-11-23(31)24(29-30)21(9-12-25)28-19-5-3-2-4-6-19/h2-16H,25H2,1H3. The smallest absolute Gasteiger partial charge is 0.209 e. The van der Waals surface area contributed by atoms with Crippen molar-refractivity contribution in [1.82, 2.24) is 19.7 Å². The van der Waals surface area contributed by atoms with Gasteiger partial charge in [0.05, 0.1) is 22.8 Å². The second-order valence-electron chi connectivity index (χ2n) is 6.76. The summed E-state index contributed by atoms with van der Waals surface area (Å²) >= 11 is 0. The molecule has 0 radical (unpaired) electrons. The van der Waals surface area contributed by atoms with Crippen LogP contribution in [0.15, 0.2) is 101 Å². The first-order valence-corrected chi connectivity index (χ1v) is 9.65. The van der Waals surface area contributed by atoms with Crippen LogP contribution in [0.5, 0.6) is 0 Å². The summed E-state index contributed by atoms with van der Waals surface area (Å²) in [7, 11) is 0. The molecule has 0 saturated heterocycles. The van der Waals surface area contributed by atoms with E-state index in [1.165, 1.54) is 18.6 Å². The molecule has 2 heterocycles. The molecule has 0 amide bonds. The van der Waals surface area contributed by atoms with Crippen LogP contribution < -0.4 is 11.2 Å². The lowest BCUT2D eigenvalue weighted by atomic mass is 10.1. The Morgan fingerprint density at radius 3 is 2.65 bits per heavy atom. The molecule has 0 aliphatic heterocycles. The van der Waals surface area contributed by atoms with Crippen molar-refractivity contribution in [3.63, 3.8) is 0 Å². The summed E-state index contributed by atoms with van der Waals surface area (Å²) in [5.74, 6) is 0. The third-order valence-corrected chi connectivity index (χ3v) is 4.63. The molecule has 31 heavy (non-hydrogen) atoms. The van der Waals surface area contributed by atoms with Crippen molar-refractivity contribution in [3.8, 4) is 16.9 Å². The summed E-state index contributed by atoms with van der Waals surface area (Å²) in [6, 6.07) is 18.6. The second kappa shape index (κ2) is 8.96. The number of benzene rings is 2. The van der Waals surface area contributed by atoms with E-state index >= 15 is 0 Å². The SMILES string of the molecule is Cc1cc(-c2ccncn2)ccc1-n1ccc(=O)c(C(C=CN)=Nc2ccccc2)n1. The maximum absolute atomic E-state index is 12.6. The monoisotopic (exact) mass is 408 g/mol. The molecule has 2 N–H and O–H groups in total. The minimum absolute atomic E-state index is 0.215. The molecule has 7 heteroatoms. The highest BCUT2D eigenvalue weighted by atomic mass is 16.1. The van der Waals surface area contributed by atoms with E-state index in [9.17, 15) is 4.79 Å². The van der Waals surface area contributed by atoms with Gasteiger partial charge in [-0.25, -0.2) is 19.6 Å². The first kappa shape index (κ1) is 19.9. The van der Waals surface area contributed by atoms with Crippen molar-refractivity contribution in [2.24, 2.45) is 10.7 Å². The largest absolute Gasteiger partial charge is 0.405 e. The molecular formula is C24H20N6O. The van der Waals surface area contributed by atoms with Crippen LogP contribution in [0, 0.1) is 6.92 Å². The van der Waals surface area contributed by atoms with Gasteiger partial charge in [-0.15, -0.1) is 0 Å². The van der Waals surface area contributed by atoms with Crippen molar-refractivity contribution in [2.45, 2.75) is 6.92 Å². The van der Waals surface area contributed by atoms with Crippen molar-refractivity contribution >= 4 is 11.4 Å². The predicted molar refractivity (Wildman–Crippen MR) is 122 cm³/mol. The maximum Gasteiger partial charge on any atom is 0.209 e. The fourth-order valence-electron chi connectivity index (χ4n) is 3.15. The zero-order valence-corrected chi connectivity index (χ0v) is 16.9. The molecule has 0 aliphatic carbocycles. The van der Waals surface area contributed by atoms with E-state index in [0.29, 0.717) is 11.4 Å². The van der Waals surface area contributed by atoms with Gasteiger partial charge in [0.1, 0.15) is 6.33 Å². The van der Waals surface area contributed by atoms with Gasteiger partial charge in [0.15, 0.2) is 5.69 Å². The van der Waals surface area contributed by atoms with Crippen LogP contribution in [0.4, 0.5) is 5.69 Å². The van der Waals surface area contributed by atoms with Gasteiger partial charge in [0.2, 0.25) is 5.43 Å². The molecule has 0 atom stereocenters. The number of allylic oxidation sites excluding steroid dienone is 1. The molecule has 2 aromatic carbocycles. The van der Waals surface area contributed by atoms with Gasteiger partial charge in [0, 0.05) is 24.0 Å². The second-order valence-corrected chi connectivity index (χ2v) is 6.76. The Labute approximate surface area is 179 Å². The van der Waals surface area contributed by atoms with E-state index in [2.05, 4.69) is 20.1 Å². The number of aliphatic imine (C=N–C) groups is 1. The lowest BCUT2D eigenvalue weighted by molar-refractivity contribution is 0.823. The Morgan fingerprint density at radius 1 is 1.10 bits per heavy atom. The Balaban J connectivity index is 1.77. The molecule has 0 aliphatic rings. The summed E-state index contributed by atoms with van der Waals surface area (Å²) in [5.41, 5.74) is 10.3. The zero-order valence-electron chi connectivity index (χ0n) is 16.9. The minimum Gasteiger partial charge on any atom is -0.405 e. The molecule has 2 aromatic heterocycles. The average molecular weight is 408 g/mol. The molecular weight excluding hydrogens is 388 g/mol. The molecule has 0 bridgehead atoms. The van der Waals surface area contributed by atoms with Crippen LogP contribution in [-0.4, -0.2) is 25.5 Å². The van der Waals surface area contributed by atoms with Crippen LogP contribution in [0.3, 0.4) is 0 Å². The highest BCUT2D eigenvalue weighted by Crippen LogP contribution is 2.22. The van der Waals surface area contributed by atoms with E-state index in [1.54, 1.807) is 23.2 Å². The Kier molecular flexibility index (Phi) is 5.75. The molecule has 0 fully saturated rings. The van der Waals surface area contributed by atoms with Crippen LogP contribution in [0.2, 0.25) is 0 Å². The Morgan fingerprint density at radius 2 is 1.94 bits per heavy atom. The maximum atomic E-state index is 12.6. The molecule has 0 spiro atoms. The van der Waals surface area contributed by atoms with E-state index in [1.807, 2.05) is 61.5 Å². The van der Waals surface area contributed by atoms with Gasteiger partial charge in [-0.05, 0) is 55.1 Å². The van der Waals surface area contributed by atoms with Crippen LogP contribution in [-0.2, 0) is 0 Å². The lowest BCUT2D eigenvalue weighted by Crippen LogP contribution is -2.20. The lowest BCUT2D eigenvalue weighted by Gasteiger charge is -2.12. The summed E-state index contributed by atoms with van der Waals surface area (Å²) in [4.78, 5) is 25.4. The van der Waals surface area contributed by atoms with Gasteiger partial charge in [0.25, 0.3) is 0 Å². The van der Waals surface area contributed by atoms with Crippen molar-refractivity contribution in [2.75, 3.05) is 0 Å². The van der Waals surface area contributed by atoms with Crippen molar-refractivity contribution in [1.29, 1.82) is 0 Å². The van der Waals surface area contributed by atoms with Crippen LogP contribution in [0.1, 0.15) is 11.3 Å². The van der Waals surface area contributed by atoms with Crippen LogP contribution >= 0.6 is 0 Å². The number of para-hydroxylation sites is 1. The molecule has 0 unspecified atom stereocenters. The first-order chi connectivity index (χ1) is 15.2. The van der Waals surface area contributed by atoms with Crippen LogP contribution in [0.25, 0.3) is 16.9 Å². The first-order valence-electron chi connectivity index (χ1n) is 9.65. The Bertz CT molecular complexity index is 1310. The van der Waals surface area contributed by atoms with Gasteiger partial charge in [-0.1, -0.05) is 24.3 Å². The number of aromatic nitrogens is 4. The number of nitrogens with zero attached hydrogens (tertiary/aromatic N) is 5. The number of hydrogen-bond acceptors (Lipinski definition) is 6. The third-order valence-electron chi connectivity index (χ3n) is 4.63. The van der Waals surface area contributed by atoms with Gasteiger partial charge >= 0.3 is 0 Å². The van der Waals surface area contributed by atoms with Crippen molar-refractivity contribution in [3.05, 3.63) is 113 Å². The quantitative estimate of drug-likeness (QED) is 0.509. The average Bonchev–Trinajstić information content (AvgIpc) is 2.80. The van der Waals surface area contributed by atoms with Gasteiger partial charge in [-0.2, -0.15) is 5.10 Å². The van der Waals surface area contributed by atoms with Gasteiger partial charge in [-0.3, -0.25) is 4.79 Å². The van der Waals surface area contributed by atoms with E-state index < -0.39 is 0 Å². The van der Waals surface area contributed by atoms with E-state index in [-0.39, 0.29) is 11.1 Å². The summed E-state index contributed by atoms with van der Waals surface area (Å²) in [6.07, 6.45) is 7.80. The molecule has 4 rings (SSSR count). The summed E-state index contributed by atoms with van der Waals surface area (Å²) in [5, 5.41) is 4.56. The van der Waals surface area contributed by atoms with E-state index in [0.717, 1.165) is 22.5 Å². The fraction of sp³-hybridized carbons (Fsp3) is 0.0417. The number of nitrogens with two attached hydrogens (primary N) is 1. The summed E-state index contributed by atoms with van der Waals surface area (Å²) in [6.45, 7) is 1.98. The number of rotatable bonds is 5. The fourth-order valence-corrected chi connectivity index (χ4v) is 3.15. The molecule has 7 nitrogen and oxygen atoms in total. The highest BCUT2D eigenvalue weighted by molar-refractivity contribution is 6.08. The Hall–Kier alpha value is -4.39. The zero-order chi connectivity index (χ0) is 21.6. The minimum atomic E-state index is -0.237.